The molecule has 4 aromatic rings. The van der Waals surface area contributed by atoms with Gasteiger partial charge in [-0.25, -0.2) is 4.98 Å². The van der Waals surface area contributed by atoms with Gasteiger partial charge >= 0.3 is 0 Å². The van der Waals surface area contributed by atoms with Gasteiger partial charge < -0.3 is 14.8 Å². The van der Waals surface area contributed by atoms with Gasteiger partial charge in [0.1, 0.15) is 22.4 Å². The van der Waals surface area contributed by atoms with E-state index in [4.69, 9.17) is 9.47 Å². The van der Waals surface area contributed by atoms with E-state index >= 15 is 0 Å². The van der Waals surface area contributed by atoms with Crippen molar-refractivity contribution in [2.24, 2.45) is 0 Å². The minimum atomic E-state index is -0.215. The Hall–Kier alpha value is -3.65. The van der Waals surface area contributed by atoms with Gasteiger partial charge in [0.15, 0.2) is 0 Å². The first kappa shape index (κ1) is 23.1. The largest absolute Gasteiger partial charge is 0.492 e. The number of carbonyl (C=O) groups excluding carboxylic acids is 1. The first-order chi connectivity index (χ1) is 16.9. The SMILES string of the molecule is CCOc1cc2c(cc1NC(=O)CCn1cnc3scc(-c4ccc(C)cc4)c3c1=O)OC(C)C2. The lowest BCUT2D eigenvalue weighted by molar-refractivity contribution is -0.116. The molecule has 35 heavy (non-hydrogen) atoms. The number of ether oxygens (including phenoxy) is 2. The predicted molar refractivity (Wildman–Crippen MR) is 139 cm³/mol. The van der Waals surface area contributed by atoms with Crippen molar-refractivity contribution in [2.45, 2.75) is 46.3 Å². The summed E-state index contributed by atoms with van der Waals surface area (Å²) in [4.78, 5) is 31.3. The topological polar surface area (TPSA) is 82.5 Å². The van der Waals surface area contributed by atoms with Gasteiger partial charge in [-0.1, -0.05) is 29.8 Å². The third-order valence-electron chi connectivity index (χ3n) is 6.08. The number of nitrogens with zero attached hydrogens (tertiary/aromatic N) is 2. The van der Waals surface area contributed by atoms with Crippen LogP contribution < -0.4 is 20.3 Å². The summed E-state index contributed by atoms with van der Waals surface area (Å²) in [7, 11) is 0. The highest BCUT2D eigenvalue weighted by Gasteiger charge is 2.23. The van der Waals surface area contributed by atoms with E-state index in [9.17, 15) is 9.59 Å². The first-order valence-corrected chi connectivity index (χ1v) is 12.6. The number of fused-ring (bicyclic) bond motifs is 2. The maximum absolute atomic E-state index is 13.3. The van der Waals surface area contributed by atoms with E-state index in [1.54, 1.807) is 0 Å². The molecule has 0 bridgehead atoms. The highest BCUT2D eigenvalue weighted by Crippen LogP contribution is 2.38. The van der Waals surface area contributed by atoms with Gasteiger partial charge in [-0.3, -0.25) is 14.2 Å². The minimum absolute atomic E-state index is 0.0987. The molecule has 0 aliphatic carbocycles. The number of anilines is 1. The molecule has 0 spiro atoms. The van der Waals surface area contributed by atoms with Crippen LogP contribution in [0.15, 0.2) is 52.9 Å². The van der Waals surface area contributed by atoms with Crippen molar-refractivity contribution in [3.05, 3.63) is 69.6 Å². The Kier molecular flexibility index (Phi) is 6.30. The number of hydrogen-bond acceptors (Lipinski definition) is 6. The van der Waals surface area contributed by atoms with Crippen molar-refractivity contribution >= 4 is 33.1 Å². The zero-order chi connectivity index (χ0) is 24.5. The second-order valence-corrected chi connectivity index (χ2v) is 9.62. The van der Waals surface area contributed by atoms with Crippen molar-refractivity contribution < 1.29 is 14.3 Å². The molecule has 0 fully saturated rings. The molecule has 1 atom stereocenters. The molecule has 7 nitrogen and oxygen atoms in total. The van der Waals surface area contributed by atoms with Crippen molar-refractivity contribution in [1.29, 1.82) is 0 Å². The molecule has 1 aliphatic heterocycles. The van der Waals surface area contributed by atoms with Crippen LogP contribution in [0, 0.1) is 6.92 Å². The van der Waals surface area contributed by atoms with E-state index in [-0.39, 0.29) is 30.5 Å². The molecule has 0 saturated heterocycles. The summed E-state index contributed by atoms with van der Waals surface area (Å²) in [5, 5.41) is 5.48. The fraction of sp³-hybridized carbons (Fsp3) is 0.296. The average molecular weight is 490 g/mol. The highest BCUT2D eigenvalue weighted by molar-refractivity contribution is 7.17. The van der Waals surface area contributed by atoms with Crippen LogP contribution in [0.1, 0.15) is 31.4 Å². The number of aryl methyl sites for hydroxylation is 2. The van der Waals surface area contributed by atoms with E-state index < -0.39 is 0 Å². The molecule has 3 heterocycles. The van der Waals surface area contributed by atoms with Crippen LogP contribution in [0.5, 0.6) is 11.5 Å². The van der Waals surface area contributed by atoms with Crippen LogP contribution in [0.3, 0.4) is 0 Å². The lowest BCUT2D eigenvalue weighted by atomic mass is 10.1. The Bertz CT molecular complexity index is 1460. The van der Waals surface area contributed by atoms with E-state index in [0.717, 1.165) is 34.4 Å². The Morgan fingerprint density at radius 2 is 2.09 bits per heavy atom. The summed E-state index contributed by atoms with van der Waals surface area (Å²) in [6.07, 6.45) is 2.55. The summed E-state index contributed by atoms with van der Waals surface area (Å²) in [6, 6.07) is 11.8. The third-order valence-corrected chi connectivity index (χ3v) is 6.96. The molecule has 1 unspecified atom stereocenters. The molecular weight excluding hydrogens is 462 g/mol. The molecule has 2 aromatic carbocycles. The lowest BCUT2D eigenvalue weighted by Gasteiger charge is -2.14. The number of rotatable bonds is 7. The van der Waals surface area contributed by atoms with Crippen molar-refractivity contribution in [1.82, 2.24) is 9.55 Å². The maximum Gasteiger partial charge on any atom is 0.262 e. The molecule has 2 aromatic heterocycles. The van der Waals surface area contributed by atoms with E-state index in [1.807, 2.05) is 62.5 Å². The molecular formula is C27H27N3O4S. The van der Waals surface area contributed by atoms with Gasteiger partial charge in [-0.2, -0.15) is 0 Å². The summed E-state index contributed by atoms with van der Waals surface area (Å²) in [5.74, 6) is 1.18. The Morgan fingerprint density at radius 1 is 1.29 bits per heavy atom. The molecule has 8 heteroatoms. The summed E-state index contributed by atoms with van der Waals surface area (Å²) in [6.45, 7) is 6.66. The number of aromatic nitrogens is 2. The average Bonchev–Trinajstić information content (AvgIpc) is 3.42. The predicted octanol–water partition coefficient (Wildman–Crippen LogP) is 5.18. The zero-order valence-corrected chi connectivity index (χ0v) is 20.8. The highest BCUT2D eigenvalue weighted by atomic mass is 32.1. The lowest BCUT2D eigenvalue weighted by Crippen LogP contribution is -2.23. The quantitative estimate of drug-likeness (QED) is 0.387. The van der Waals surface area contributed by atoms with Crippen LogP contribution in [-0.4, -0.2) is 28.2 Å². The molecule has 180 valence electrons. The van der Waals surface area contributed by atoms with Crippen LogP contribution in [0.4, 0.5) is 5.69 Å². The zero-order valence-electron chi connectivity index (χ0n) is 20.0. The molecule has 1 N–H and O–H groups in total. The van der Waals surface area contributed by atoms with Crippen LogP contribution in [0.2, 0.25) is 0 Å². The van der Waals surface area contributed by atoms with Crippen LogP contribution in [-0.2, 0) is 17.8 Å². The Balaban J connectivity index is 1.35. The standard InChI is InChI=1S/C27H27N3O4S/c1-4-33-23-12-19-11-17(3)34-22(19)13-21(23)29-24(31)9-10-30-15-28-26-25(27(30)32)20(14-35-26)18-7-5-16(2)6-8-18/h5-8,12-15,17H,4,9-11H2,1-3H3,(H,29,31). The molecule has 1 amide bonds. The molecule has 5 rings (SSSR count). The number of thiophene rings is 1. The minimum Gasteiger partial charge on any atom is -0.492 e. The van der Waals surface area contributed by atoms with Gasteiger partial charge in [0.05, 0.1) is 24.0 Å². The van der Waals surface area contributed by atoms with Gasteiger partial charge in [0.25, 0.3) is 5.56 Å². The van der Waals surface area contributed by atoms with E-state index in [1.165, 1.54) is 22.2 Å². The number of nitrogens with one attached hydrogen (secondary N) is 1. The van der Waals surface area contributed by atoms with Crippen molar-refractivity contribution in [3.63, 3.8) is 0 Å². The third kappa shape index (κ3) is 4.66. The number of carbonyl (C=O) groups is 1. The smallest absolute Gasteiger partial charge is 0.262 e. The number of benzene rings is 2. The number of amides is 1. The van der Waals surface area contributed by atoms with Crippen molar-refractivity contribution in [3.8, 4) is 22.6 Å². The summed E-state index contributed by atoms with van der Waals surface area (Å²) < 4.78 is 13.1. The summed E-state index contributed by atoms with van der Waals surface area (Å²) >= 11 is 1.45. The van der Waals surface area contributed by atoms with E-state index in [0.29, 0.717) is 28.3 Å². The van der Waals surface area contributed by atoms with Gasteiger partial charge in [0.2, 0.25) is 5.91 Å². The monoisotopic (exact) mass is 489 g/mol. The van der Waals surface area contributed by atoms with Gasteiger partial charge in [-0.15, -0.1) is 11.3 Å². The fourth-order valence-corrected chi connectivity index (χ4v) is 5.23. The normalized spacial score (nSPS) is 14.5. The molecule has 1 aliphatic rings. The first-order valence-electron chi connectivity index (χ1n) is 11.7. The van der Waals surface area contributed by atoms with Crippen LogP contribution in [0.25, 0.3) is 21.3 Å². The van der Waals surface area contributed by atoms with E-state index in [2.05, 4.69) is 10.3 Å². The second kappa shape index (κ2) is 9.54. The van der Waals surface area contributed by atoms with Crippen molar-refractivity contribution in [2.75, 3.05) is 11.9 Å². The molecule has 0 saturated carbocycles. The Morgan fingerprint density at radius 3 is 2.86 bits per heavy atom. The Labute approximate surface area is 207 Å². The number of hydrogen-bond donors (Lipinski definition) is 1. The van der Waals surface area contributed by atoms with Crippen LogP contribution >= 0.6 is 11.3 Å². The fourth-order valence-electron chi connectivity index (χ4n) is 4.32. The second-order valence-electron chi connectivity index (χ2n) is 8.76. The maximum atomic E-state index is 13.3. The van der Waals surface area contributed by atoms with Gasteiger partial charge in [-0.05, 0) is 32.4 Å². The summed E-state index contributed by atoms with van der Waals surface area (Å²) in [5.41, 5.74) is 4.51. The van der Waals surface area contributed by atoms with Gasteiger partial charge in [0, 0.05) is 42.0 Å². The molecule has 0 radical (unpaired) electrons.